The van der Waals surface area contributed by atoms with Crippen molar-refractivity contribution in [3.63, 3.8) is 0 Å². The van der Waals surface area contributed by atoms with Gasteiger partial charge in [0.2, 0.25) is 0 Å². The number of aliphatic hydroxyl groups is 1. The van der Waals surface area contributed by atoms with Gasteiger partial charge in [-0.25, -0.2) is 0 Å². The van der Waals surface area contributed by atoms with Gasteiger partial charge in [0.1, 0.15) is 0 Å². The summed E-state index contributed by atoms with van der Waals surface area (Å²) in [5.41, 5.74) is 2.29. The fourth-order valence-corrected chi connectivity index (χ4v) is 1.94. The molecule has 0 saturated heterocycles. The molecule has 4 heteroatoms. The van der Waals surface area contributed by atoms with Gasteiger partial charge >= 0.3 is 0 Å². The van der Waals surface area contributed by atoms with Crippen LogP contribution in [-0.4, -0.2) is 11.0 Å². The van der Waals surface area contributed by atoms with Gasteiger partial charge in [0, 0.05) is 10.0 Å². The number of anilines is 1. The van der Waals surface area contributed by atoms with Crippen molar-refractivity contribution in [1.82, 2.24) is 0 Å². The highest BCUT2D eigenvalue weighted by Crippen LogP contribution is 2.38. The predicted molar refractivity (Wildman–Crippen MR) is 52.5 cm³/mol. The first-order valence-electron chi connectivity index (χ1n) is 3.89. The van der Waals surface area contributed by atoms with E-state index in [2.05, 4.69) is 21.2 Å². The molecule has 1 amide bonds. The number of halogens is 1. The largest absolute Gasteiger partial charge is 0.378 e. The minimum Gasteiger partial charge on any atom is -0.378 e. The number of fused-ring (bicyclic) bond motifs is 1. The maximum atomic E-state index is 11.2. The summed E-state index contributed by atoms with van der Waals surface area (Å²) in [5.74, 6) is -0.356. The number of hydrogen-bond donors (Lipinski definition) is 2. The summed E-state index contributed by atoms with van der Waals surface area (Å²) in [6.45, 7) is 1.87. The van der Waals surface area contributed by atoms with Crippen molar-refractivity contribution < 1.29 is 9.90 Å². The van der Waals surface area contributed by atoms with Crippen LogP contribution in [0.3, 0.4) is 0 Å². The van der Waals surface area contributed by atoms with E-state index in [1.807, 2.05) is 19.1 Å². The van der Waals surface area contributed by atoms with Crippen LogP contribution in [0.4, 0.5) is 5.69 Å². The third-order valence-electron chi connectivity index (χ3n) is 2.18. The topological polar surface area (TPSA) is 49.3 Å². The number of benzene rings is 1. The molecule has 1 aromatic rings. The molecule has 1 aliphatic rings. The van der Waals surface area contributed by atoms with E-state index in [1.165, 1.54) is 0 Å². The summed E-state index contributed by atoms with van der Waals surface area (Å²) in [7, 11) is 0. The van der Waals surface area contributed by atoms with Gasteiger partial charge < -0.3 is 10.4 Å². The summed E-state index contributed by atoms with van der Waals surface area (Å²) in [4.78, 5) is 11.2. The second-order valence-corrected chi connectivity index (χ2v) is 3.90. The Morgan fingerprint density at radius 3 is 2.85 bits per heavy atom. The van der Waals surface area contributed by atoms with Gasteiger partial charge in [-0.3, -0.25) is 4.79 Å². The maximum Gasteiger partial charge on any atom is 0.257 e. The third-order valence-corrected chi connectivity index (χ3v) is 2.84. The SMILES string of the molecule is Cc1ccc(Br)c2c1C(O)C(=O)N2. The second kappa shape index (κ2) is 2.82. The molecule has 1 unspecified atom stereocenters. The molecular weight excluding hydrogens is 234 g/mol. The van der Waals surface area contributed by atoms with Crippen molar-refractivity contribution in [3.05, 3.63) is 27.7 Å². The minimum absolute atomic E-state index is 0.356. The van der Waals surface area contributed by atoms with Crippen molar-refractivity contribution in [2.45, 2.75) is 13.0 Å². The van der Waals surface area contributed by atoms with Crippen LogP contribution in [0, 0.1) is 6.92 Å². The Morgan fingerprint density at radius 1 is 1.54 bits per heavy atom. The molecule has 0 radical (unpaired) electrons. The quantitative estimate of drug-likeness (QED) is 0.728. The molecular formula is C9H8BrNO2. The molecule has 0 aromatic heterocycles. The van der Waals surface area contributed by atoms with E-state index in [-0.39, 0.29) is 5.91 Å². The Kier molecular flexibility index (Phi) is 1.89. The summed E-state index contributed by atoms with van der Waals surface area (Å²) in [5, 5.41) is 12.1. The summed E-state index contributed by atoms with van der Waals surface area (Å²) in [6.07, 6.45) is -1.02. The lowest BCUT2D eigenvalue weighted by atomic mass is 10.0. The summed E-state index contributed by atoms with van der Waals surface area (Å²) in [6, 6.07) is 3.72. The van der Waals surface area contributed by atoms with E-state index < -0.39 is 6.10 Å². The minimum atomic E-state index is -1.02. The third kappa shape index (κ3) is 1.17. The Hall–Kier alpha value is -0.870. The molecule has 13 heavy (non-hydrogen) atoms. The van der Waals surface area contributed by atoms with E-state index >= 15 is 0 Å². The molecule has 0 bridgehead atoms. The van der Waals surface area contributed by atoms with Crippen LogP contribution in [-0.2, 0) is 4.79 Å². The second-order valence-electron chi connectivity index (χ2n) is 3.04. The van der Waals surface area contributed by atoms with Crippen LogP contribution in [0.5, 0.6) is 0 Å². The monoisotopic (exact) mass is 241 g/mol. The maximum absolute atomic E-state index is 11.2. The van der Waals surface area contributed by atoms with Crippen LogP contribution < -0.4 is 5.32 Å². The molecule has 3 nitrogen and oxygen atoms in total. The van der Waals surface area contributed by atoms with E-state index in [1.54, 1.807) is 0 Å². The standard InChI is InChI=1S/C9H8BrNO2/c1-4-2-3-5(10)7-6(4)8(12)9(13)11-7/h2-3,8,12H,1H3,(H,11,13). The van der Waals surface area contributed by atoms with Gasteiger partial charge in [0.05, 0.1) is 5.69 Å². The fourth-order valence-electron chi connectivity index (χ4n) is 1.50. The number of hydrogen-bond acceptors (Lipinski definition) is 2. The molecule has 1 aromatic carbocycles. The first-order valence-corrected chi connectivity index (χ1v) is 4.68. The van der Waals surface area contributed by atoms with E-state index in [9.17, 15) is 9.90 Å². The average Bonchev–Trinajstić information content (AvgIpc) is 2.38. The Morgan fingerprint density at radius 2 is 2.23 bits per heavy atom. The lowest BCUT2D eigenvalue weighted by Gasteiger charge is -2.05. The number of aliphatic hydroxyl groups excluding tert-OH is 1. The first kappa shape index (κ1) is 8.72. The normalized spacial score (nSPS) is 19.9. The lowest BCUT2D eigenvalue weighted by molar-refractivity contribution is -0.123. The van der Waals surface area contributed by atoms with Crippen LogP contribution in [0.2, 0.25) is 0 Å². The van der Waals surface area contributed by atoms with Crippen molar-refractivity contribution in [2.75, 3.05) is 5.32 Å². The van der Waals surface area contributed by atoms with Gasteiger partial charge in [-0.15, -0.1) is 0 Å². The van der Waals surface area contributed by atoms with Crippen LogP contribution in [0.25, 0.3) is 0 Å². The molecule has 2 N–H and O–H groups in total. The van der Waals surface area contributed by atoms with Gasteiger partial charge in [-0.1, -0.05) is 6.07 Å². The molecule has 0 saturated carbocycles. The van der Waals surface area contributed by atoms with Gasteiger partial charge in [-0.2, -0.15) is 0 Å². The molecule has 2 rings (SSSR count). The van der Waals surface area contributed by atoms with Crippen molar-refractivity contribution >= 4 is 27.5 Å². The molecule has 0 aliphatic carbocycles. The van der Waals surface area contributed by atoms with Gasteiger partial charge in [-0.05, 0) is 34.5 Å². The molecule has 1 aliphatic heterocycles. The number of carbonyl (C=O) groups excluding carboxylic acids is 1. The highest BCUT2D eigenvalue weighted by molar-refractivity contribution is 9.10. The summed E-state index contributed by atoms with van der Waals surface area (Å²) >= 11 is 3.31. The zero-order chi connectivity index (χ0) is 9.59. The van der Waals surface area contributed by atoms with Crippen molar-refractivity contribution in [3.8, 4) is 0 Å². The number of nitrogens with one attached hydrogen (secondary N) is 1. The number of aryl methyl sites for hydroxylation is 1. The fraction of sp³-hybridized carbons (Fsp3) is 0.222. The molecule has 0 fully saturated rings. The number of carbonyl (C=O) groups is 1. The van der Waals surface area contributed by atoms with Crippen LogP contribution in [0.15, 0.2) is 16.6 Å². The Balaban J connectivity index is 2.68. The van der Waals surface area contributed by atoms with Crippen LogP contribution in [0.1, 0.15) is 17.2 Å². The highest BCUT2D eigenvalue weighted by Gasteiger charge is 2.31. The molecule has 68 valence electrons. The first-order chi connectivity index (χ1) is 6.11. The smallest absolute Gasteiger partial charge is 0.257 e. The molecule has 1 heterocycles. The molecule has 1 atom stereocenters. The van der Waals surface area contributed by atoms with Gasteiger partial charge in [0.15, 0.2) is 6.10 Å². The zero-order valence-corrected chi connectivity index (χ0v) is 8.55. The number of amides is 1. The Bertz CT molecular complexity index is 389. The molecule has 0 spiro atoms. The summed E-state index contributed by atoms with van der Waals surface area (Å²) < 4.78 is 0.804. The zero-order valence-electron chi connectivity index (χ0n) is 6.97. The van der Waals surface area contributed by atoms with Crippen molar-refractivity contribution in [2.24, 2.45) is 0 Å². The lowest BCUT2D eigenvalue weighted by Crippen LogP contribution is -2.11. The van der Waals surface area contributed by atoms with Crippen LogP contribution >= 0.6 is 15.9 Å². The predicted octanol–water partition coefficient (Wildman–Crippen LogP) is 1.74. The van der Waals surface area contributed by atoms with Gasteiger partial charge in [0.25, 0.3) is 5.91 Å². The average molecular weight is 242 g/mol. The van der Waals surface area contributed by atoms with E-state index in [0.717, 1.165) is 10.0 Å². The van der Waals surface area contributed by atoms with Crippen molar-refractivity contribution in [1.29, 1.82) is 0 Å². The van der Waals surface area contributed by atoms with E-state index in [0.29, 0.717) is 11.3 Å². The number of rotatable bonds is 0. The Labute approximate surface area is 83.9 Å². The highest BCUT2D eigenvalue weighted by atomic mass is 79.9. The van der Waals surface area contributed by atoms with E-state index in [4.69, 9.17) is 0 Å².